The van der Waals surface area contributed by atoms with Crippen LogP contribution in [0.15, 0.2) is 16.9 Å². The molecule has 92 valence electrons. The minimum absolute atomic E-state index is 0.0366. The van der Waals surface area contributed by atoms with Gasteiger partial charge in [0.2, 0.25) is 0 Å². The van der Waals surface area contributed by atoms with E-state index in [-0.39, 0.29) is 12.1 Å². The largest absolute Gasteiger partial charge is 0.480 e. The molecule has 1 atom stereocenters. The second-order valence-corrected chi connectivity index (χ2v) is 3.75. The number of carbonyl (C=O) groups excluding carboxylic acids is 1. The maximum Gasteiger partial charge on any atom is 0.329 e. The molecule has 0 saturated carbocycles. The van der Waals surface area contributed by atoms with Crippen molar-refractivity contribution in [3.05, 3.63) is 28.2 Å². The summed E-state index contributed by atoms with van der Waals surface area (Å²) < 4.78 is 0. The van der Waals surface area contributed by atoms with Gasteiger partial charge in [-0.05, 0) is 19.4 Å². The molecule has 0 aliphatic carbocycles. The van der Waals surface area contributed by atoms with Crippen LogP contribution in [0.1, 0.15) is 30.8 Å². The van der Waals surface area contributed by atoms with Gasteiger partial charge in [0.1, 0.15) is 11.2 Å². The van der Waals surface area contributed by atoms with Gasteiger partial charge in [0.15, 0.2) is 0 Å². The lowest BCUT2D eigenvalue weighted by Crippen LogP contribution is -2.52. The highest BCUT2D eigenvalue weighted by atomic mass is 16.4. The Labute approximate surface area is 96.9 Å². The molecule has 0 bridgehead atoms. The summed E-state index contributed by atoms with van der Waals surface area (Å²) in [6.45, 7) is 3.05. The molecule has 0 spiro atoms. The van der Waals surface area contributed by atoms with Crippen molar-refractivity contribution in [1.82, 2.24) is 15.5 Å². The number of aromatic amines is 1. The SMILES string of the molecule is CCC(C)(NC(=O)c1ccc(=O)[nH]n1)C(=O)O. The average Bonchev–Trinajstić information content (AvgIpc) is 2.29. The summed E-state index contributed by atoms with van der Waals surface area (Å²) in [4.78, 5) is 33.4. The Balaban J connectivity index is 2.89. The first-order valence-corrected chi connectivity index (χ1v) is 5.00. The molecular formula is C10H13N3O4. The van der Waals surface area contributed by atoms with Crippen molar-refractivity contribution in [1.29, 1.82) is 0 Å². The topological polar surface area (TPSA) is 112 Å². The highest BCUT2D eigenvalue weighted by Gasteiger charge is 2.33. The number of amides is 1. The Morgan fingerprint density at radius 1 is 1.53 bits per heavy atom. The monoisotopic (exact) mass is 239 g/mol. The number of hydrogen-bond donors (Lipinski definition) is 3. The van der Waals surface area contributed by atoms with Crippen LogP contribution in [-0.4, -0.2) is 32.7 Å². The van der Waals surface area contributed by atoms with Crippen molar-refractivity contribution in [3.8, 4) is 0 Å². The van der Waals surface area contributed by atoms with Crippen LogP contribution < -0.4 is 10.9 Å². The van der Waals surface area contributed by atoms with E-state index in [1.807, 2.05) is 0 Å². The molecule has 0 aliphatic heterocycles. The fourth-order valence-electron chi connectivity index (χ4n) is 1.08. The third-order valence-electron chi connectivity index (χ3n) is 2.48. The molecule has 7 nitrogen and oxygen atoms in total. The number of carboxylic acids is 1. The smallest absolute Gasteiger partial charge is 0.329 e. The van der Waals surface area contributed by atoms with Crippen molar-refractivity contribution in [3.63, 3.8) is 0 Å². The second kappa shape index (κ2) is 4.77. The van der Waals surface area contributed by atoms with Gasteiger partial charge in [0.25, 0.3) is 11.5 Å². The zero-order valence-electron chi connectivity index (χ0n) is 9.48. The zero-order valence-corrected chi connectivity index (χ0v) is 9.48. The number of H-pyrrole nitrogens is 1. The first-order valence-electron chi connectivity index (χ1n) is 5.00. The van der Waals surface area contributed by atoms with Gasteiger partial charge in [-0.15, -0.1) is 0 Å². The van der Waals surface area contributed by atoms with E-state index in [0.29, 0.717) is 0 Å². The molecule has 1 heterocycles. The Kier molecular flexibility index (Phi) is 3.62. The van der Waals surface area contributed by atoms with Crippen LogP contribution in [0.3, 0.4) is 0 Å². The lowest BCUT2D eigenvalue weighted by Gasteiger charge is -2.24. The molecule has 17 heavy (non-hydrogen) atoms. The van der Waals surface area contributed by atoms with E-state index in [1.54, 1.807) is 6.92 Å². The molecule has 1 aromatic rings. The highest BCUT2D eigenvalue weighted by Crippen LogP contribution is 2.10. The minimum Gasteiger partial charge on any atom is -0.480 e. The number of carbonyl (C=O) groups is 2. The van der Waals surface area contributed by atoms with Gasteiger partial charge in [-0.3, -0.25) is 9.59 Å². The highest BCUT2D eigenvalue weighted by molar-refractivity contribution is 5.96. The summed E-state index contributed by atoms with van der Waals surface area (Å²) >= 11 is 0. The van der Waals surface area contributed by atoms with Gasteiger partial charge in [-0.25, -0.2) is 9.89 Å². The number of nitrogens with one attached hydrogen (secondary N) is 2. The predicted molar refractivity (Wildman–Crippen MR) is 58.7 cm³/mol. The summed E-state index contributed by atoms with van der Waals surface area (Å²) in [5.41, 5.74) is -1.82. The third kappa shape index (κ3) is 2.90. The van der Waals surface area contributed by atoms with E-state index in [4.69, 9.17) is 5.11 Å². The van der Waals surface area contributed by atoms with E-state index < -0.39 is 23.0 Å². The van der Waals surface area contributed by atoms with Crippen LogP contribution in [-0.2, 0) is 4.79 Å². The Morgan fingerprint density at radius 3 is 2.59 bits per heavy atom. The molecule has 7 heteroatoms. The van der Waals surface area contributed by atoms with E-state index >= 15 is 0 Å². The van der Waals surface area contributed by atoms with Crippen molar-refractivity contribution in [2.45, 2.75) is 25.8 Å². The lowest BCUT2D eigenvalue weighted by atomic mass is 9.99. The summed E-state index contributed by atoms with van der Waals surface area (Å²) in [5.74, 6) is -1.77. The molecule has 0 radical (unpaired) electrons. The fourth-order valence-corrected chi connectivity index (χ4v) is 1.08. The Morgan fingerprint density at radius 2 is 2.18 bits per heavy atom. The van der Waals surface area contributed by atoms with E-state index in [1.165, 1.54) is 13.0 Å². The van der Waals surface area contributed by atoms with Crippen LogP contribution in [0.2, 0.25) is 0 Å². The van der Waals surface area contributed by atoms with E-state index in [0.717, 1.165) is 6.07 Å². The van der Waals surface area contributed by atoms with Gasteiger partial charge < -0.3 is 10.4 Å². The van der Waals surface area contributed by atoms with Crippen LogP contribution in [0.4, 0.5) is 0 Å². The summed E-state index contributed by atoms with van der Waals surface area (Å²) in [5, 5.41) is 16.9. The van der Waals surface area contributed by atoms with Crippen LogP contribution in [0.25, 0.3) is 0 Å². The molecule has 1 unspecified atom stereocenters. The fraction of sp³-hybridized carbons (Fsp3) is 0.400. The van der Waals surface area contributed by atoms with Gasteiger partial charge in [0, 0.05) is 6.07 Å². The molecule has 1 amide bonds. The molecule has 1 aromatic heterocycles. The van der Waals surface area contributed by atoms with Crippen molar-refractivity contribution < 1.29 is 14.7 Å². The van der Waals surface area contributed by atoms with Crippen molar-refractivity contribution in [2.75, 3.05) is 0 Å². The number of carboxylic acid groups (broad SMARTS) is 1. The van der Waals surface area contributed by atoms with E-state index in [2.05, 4.69) is 15.5 Å². The first kappa shape index (κ1) is 12.9. The molecule has 0 saturated heterocycles. The van der Waals surface area contributed by atoms with E-state index in [9.17, 15) is 14.4 Å². The standard InChI is InChI=1S/C10H13N3O4/c1-3-10(2,9(16)17)11-8(15)6-4-5-7(14)13-12-6/h4-5H,3H2,1-2H3,(H,11,15)(H,13,14)(H,16,17). The number of rotatable bonds is 4. The zero-order chi connectivity index (χ0) is 13.1. The van der Waals surface area contributed by atoms with Crippen LogP contribution in [0.5, 0.6) is 0 Å². The van der Waals surface area contributed by atoms with Gasteiger partial charge in [-0.1, -0.05) is 6.92 Å². The average molecular weight is 239 g/mol. The summed E-state index contributed by atoms with van der Waals surface area (Å²) in [7, 11) is 0. The molecule has 0 aromatic carbocycles. The summed E-state index contributed by atoms with van der Waals surface area (Å²) in [6.07, 6.45) is 0.234. The first-order chi connectivity index (χ1) is 7.89. The van der Waals surface area contributed by atoms with Crippen molar-refractivity contribution in [2.24, 2.45) is 0 Å². The summed E-state index contributed by atoms with van der Waals surface area (Å²) in [6, 6.07) is 2.37. The van der Waals surface area contributed by atoms with Gasteiger partial charge >= 0.3 is 5.97 Å². The number of hydrogen-bond acceptors (Lipinski definition) is 4. The number of aromatic nitrogens is 2. The predicted octanol–water partition coefficient (Wildman–Crippen LogP) is -0.247. The third-order valence-corrected chi connectivity index (χ3v) is 2.48. The quantitative estimate of drug-likeness (QED) is 0.670. The van der Waals surface area contributed by atoms with Gasteiger partial charge in [0.05, 0.1) is 0 Å². The molecule has 0 fully saturated rings. The Hall–Kier alpha value is -2.18. The Bertz CT molecular complexity index is 476. The molecule has 0 aliphatic rings. The normalized spacial score (nSPS) is 13.8. The second-order valence-electron chi connectivity index (χ2n) is 3.75. The maximum atomic E-state index is 11.7. The molecule has 3 N–H and O–H groups in total. The van der Waals surface area contributed by atoms with Crippen LogP contribution >= 0.6 is 0 Å². The lowest BCUT2D eigenvalue weighted by molar-refractivity contribution is -0.143. The molecular weight excluding hydrogens is 226 g/mol. The van der Waals surface area contributed by atoms with Gasteiger partial charge in [-0.2, -0.15) is 5.10 Å². The number of nitrogens with zero attached hydrogens (tertiary/aromatic N) is 1. The van der Waals surface area contributed by atoms with Crippen LogP contribution in [0, 0.1) is 0 Å². The minimum atomic E-state index is -1.35. The van der Waals surface area contributed by atoms with Crippen molar-refractivity contribution >= 4 is 11.9 Å². The molecule has 1 rings (SSSR count). The number of aliphatic carboxylic acids is 1. The maximum absolute atomic E-state index is 11.7.